The van der Waals surface area contributed by atoms with Gasteiger partial charge in [-0.2, -0.15) is 5.26 Å². The largest absolute Gasteiger partial charge is 0.490 e. The van der Waals surface area contributed by atoms with Gasteiger partial charge in [-0.3, -0.25) is 9.36 Å². The maximum atomic E-state index is 13.2. The molecule has 0 radical (unpaired) electrons. The lowest BCUT2D eigenvalue weighted by Crippen LogP contribution is -2.24. The lowest BCUT2D eigenvalue weighted by Gasteiger charge is -2.11. The summed E-state index contributed by atoms with van der Waals surface area (Å²) in [7, 11) is 3.98. The van der Waals surface area contributed by atoms with Crippen LogP contribution in [0.4, 0.5) is 0 Å². The highest BCUT2D eigenvalue weighted by Gasteiger charge is 2.22. The second-order valence-electron chi connectivity index (χ2n) is 8.18. The first-order valence-corrected chi connectivity index (χ1v) is 11.9. The molecule has 0 N–H and O–H groups in total. The maximum absolute atomic E-state index is 13.2. The van der Waals surface area contributed by atoms with Crippen LogP contribution in [0.15, 0.2) is 65.5 Å². The number of ether oxygens (including phenoxy) is 2. The standard InChI is InChI=1S/C29H23N2O4P/c1-18-15-26(31(3)28(32)25(18)16-30)35-29(33)27-19(2)14-22-10-6-20(9-13-24(22)27)4-5-21-7-11-23(12-8-21)34-17-36/h6-15H,17,36H2,1-3H3. The van der Waals surface area contributed by atoms with Crippen LogP contribution in [-0.2, 0) is 7.05 Å². The van der Waals surface area contributed by atoms with E-state index in [9.17, 15) is 14.9 Å². The number of hydrogen-bond donors (Lipinski definition) is 0. The van der Waals surface area contributed by atoms with Gasteiger partial charge in [0.15, 0.2) is 0 Å². The molecular weight excluding hydrogens is 471 g/mol. The van der Waals surface area contributed by atoms with E-state index in [1.54, 1.807) is 6.92 Å². The van der Waals surface area contributed by atoms with Gasteiger partial charge in [-0.25, -0.2) is 4.79 Å². The molecule has 36 heavy (non-hydrogen) atoms. The van der Waals surface area contributed by atoms with Gasteiger partial charge < -0.3 is 9.47 Å². The molecule has 2 aliphatic carbocycles. The number of aryl methyl sites for hydroxylation is 2. The summed E-state index contributed by atoms with van der Waals surface area (Å²) < 4.78 is 12.2. The van der Waals surface area contributed by atoms with E-state index in [1.165, 1.54) is 13.1 Å². The van der Waals surface area contributed by atoms with Gasteiger partial charge in [0.25, 0.3) is 5.56 Å². The van der Waals surface area contributed by atoms with Crippen molar-refractivity contribution in [1.29, 1.82) is 5.26 Å². The zero-order valence-corrected chi connectivity index (χ0v) is 21.2. The van der Waals surface area contributed by atoms with Gasteiger partial charge in [0.2, 0.25) is 5.88 Å². The molecule has 1 atom stereocenters. The summed E-state index contributed by atoms with van der Waals surface area (Å²) in [4.78, 5) is 25.6. The molecule has 4 rings (SSSR count). The van der Waals surface area contributed by atoms with Crippen molar-refractivity contribution in [3.63, 3.8) is 0 Å². The van der Waals surface area contributed by atoms with E-state index in [1.807, 2.05) is 67.6 Å². The topological polar surface area (TPSA) is 81.3 Å². The first-order chi connectivity index (χ1) is 17.3. The van der Waals surface area contributed by atoms with Crippen LogP contribution in [0.3, 0.4) is 0 Å². The summed E-state index contributed by atoms with van der Waals surface area (Å²) in [6, 6.07) is 20.4. The predicted molar refractivity (Wildman–Crippen MR) is 142 cm³/mol. The fourth-order valence-electron chi connectivity index (χ4n) is 3.87. The zero-order valence-electron chi connectivity index (χ0n) is 20.1. The average molecular weight is 494 g/mol. The van der Waals surface area contributed by atoms with Crippen LogP contribution in [0, 0.1) is 37.0 Å². The Kier molecular flexibility index (Phi) is 7.20. The smallest absolute Gasteiger partial charge is 0.345 e. The second kappa shape index (κ2) is 10.5. The molecule has 0 amide bonds. The third kappa shape index (κ3) is 5.01. The number of nitrogens with zero attached hydrogens (tertiary/aromatic N) is 2. The van der Waals surface area contributed by atoms with Crippen molar-refractivity contribution in [3.05, 3.63) is 104 Å². The Labute approximate surface area is 211 Å². The van der Waals surface area contributed by atoms with E-state index in [0.717, 1.165) is 38.1 Å². The molecule has 2 aromatic rings. The third-order valence-corrected chi connectivity index (χ3v) is 5.94. The molecule has 7 heteroatoms. The van der Waals surface area contributed by atoms with Gasteiger partial charge in [-0.15, -0.1) is 0 Å². The first kappa shape index (κ1) is 24.7. The highest BCUT2D eigenvalue weighted by Crippen LogP contribution is 2.32. The summed E-state index contributed by atoms with van der Waals surface area (Å²) in [6.45, 7) is 3.47. The maximum Gasteiger partial charge on any atom is 0.345 e. The summed E-state index contributed by atoms with van der Waals surface area (Å²) >= 11 is 0. The minimum Gasteiger partial charge on any atom is -0.490 e. The Morgan fingerprint density at radius 2 is 1.61 bits per heavy atom. The van der Waals surface area contributed by atoms with E-state index in [0.29, 0.717) is 17.5 Å². The van der Waals surface area contributed by atoms with Gasteiger partial charge in [0.05, 0.1) is 5.56 Å². The Balaban J connectivity index is 1.64. The molecule has 0 saturated carbocycles. The minimum atomic E-state index is -0.576. The molecule has 1 unspecified atom stereocenters. The molecule has 1 aromatic heterocycles. The van der Waals surface area contributed by atoms with Crippen LogP contribution in [0.5, 0.6) is 11.6 Å². The van der Waals surface area contributed by atoms with Gasteiger partial charge in [0, 0.05) is 24.2 Å². The normalized spacial score (nSPS) is 10.3. The van der Waals surface area contributed by atoms with Gasteiger partial charge in [-0.1, -0.05) is 39.3 Å². The van der Waals surface area contributed by atoms with Gasteiger partial charge in [0.1, 0.15) is 23.7 Å². The van der Waals surface area contributed by atoms with E-state index in [4.69, 9.17) is 9.47 Å². The molecule has 0 aliphatic heterocycles. The number of carbonyl (C=O) groups is 1. The first-order valence-electron chi connectivity index (χ1n) is 11.1. The number of aromatic nitrogens is 1. The summed E-state index contributed by atoms with van der Waals surface area (Å²) in [6.07, 6.45) is 0.530. The number of benzene rings is 1. The summed E-state index contributed by atoms with van der Waals surface area (Å²) in [5, 5.41) is 9.19. The number of pyridine rings is 1. The molecule has 0 spiro atoms. The SMILES string of the molecule is Cc1cc2ccc(C#Cc3ccc(OCP)cc3)ccc-2c1C(=O)Oc1cc(C)c(C#N)c(=O)n1C. The average Bonchev–Trinajstić information content (AvgIpc) is 3.05. The van der Waals surface area contributed by atoms with Crippen molar-refractivity contribution in [3.8, 4) is 40.7 Å². The van der Waals surface area contributed by atoms with Crippen molar-refractivity contribution in [2.75, 3.05) is 6.35 Å². The molecule has 1 heterocycles. The fraction of sp³-hybridized carbons (Fsp3) is 0.138. The van der Waals surface area contributed by atoms with Crippen LogP contribution in [0.2, 0.25) is 0 Å². The number of rotatable bonds is 4. The quantitative estimate of drug-likeness (QED) is 0.231. The number of nitriles is 1. The number of carbonyl (C=O) groups excluding carboxylic acids is 1. The van der Waals surface area contributed by atoms with Crippen molar-refractivity contribution in [2.45, 2.75) is 13.8 Å². The summed E-state index contributed by atoms with van der Waals surface area (Å²) in [5.74, 6) is 6.58. The van der Waals surface area contributed by atoms with Crippen LogP contribution >= 0.6 is 9.24 Å². The molecule has 178 valence electrons. The molecule has 0 fully saturated rings. The molecule has 0 bridgehead atoms. The van der Waals surface area contributed by atoms with Crippen molar-refractivity contribution < 1.29 is 14.3 Å². The van der Waals surface area contributed by atoms with Crippen LogP contribution in [0.25, 0.3) is 11.1 Å². The van der Waals surface area contributed by atoms with E-state index < -0.39 is 11.5 Å². The van der Waals surface area contributed by atoms with Crippen molar-refractivity contribution >= 4 is 15.2 Å². The Bertz CT molecular complexity index is 1600. The van der Waals surface area contributed by atoms with Crippen LogP contribution < -0.4 is 15.0 Å². The van der Waals surface area contributed by atoms with Gasteiger partial charge in [-0.05, 0) is 72.5 Å². The molecule has 1 aromatic carbocycles. The van der Waals surface area contributed by atoms with E-state index >= 15 is 0 Å². The minimum absolute atomic E-state index is 0.0252. The van der Waals surface area contributed by atoms with Crippen molar-refractivity contribution in [2.24, 2.45) is 7.05 Å². The Morgan fingerprint density at radius 3 is 2.25 bits per heavy atom. The van der Waals surface area contributed by atoms with Crippen LogP contribution in [0.1, 0.15) is 38.2 Å². The predicted octanol–water partition coefficient (Wildman–Crippen LogP) is 4.81. The highest BCUT2D eigenvalue weighted by molar-refractivity contribution is 7.16. The van der Waals surface area contributed by atoms with Crippen LogP contribution in [-0.4, -0.2) is 16.9 Å². The Hall–Kier alpha value is -4.38. The van der Waals surface area contributed by atoms with E-state index in [-0.39, 0.29) is 11.4 Å². The number of esters is 1. The van der Waals surface area contributed by atoms with Crippen molar-refractivity contribution in [1.82, 2.24) is 4.57 Å². The molecule has 0 saturated heterocycles. The van der Waals surface area contributed by atoms with Gasteiger partial charge >= 0.3 is 5.97 Å². The number of hydrogen-bond acceptors (Lipinski definition) is 5. The fourth-order valence-corrected chi connectivity index (χ4v) is 4.06. The second-order valence-corrected chi connectivity index (χ2v) is 8.52. The zero-order chi connectivity index (χ0) is 25.8. The lowest BCUT2D eigenvalue weighted by molar-refractivity contribution is 0.0721. The molecular formula is C29H23N2O4P. The summed E-state index contributed by atoms with van der Waals surface area (Å²) in [5.41, 5.74) is 4.39. The monoisotopic (exact) mass is 494 g/mol. The highest BCUT2D eigenvalue weighted by atomic mass is 31.0. The number of fused-ring (bicyclic) bond motifs is 1. The Morgan fingerprint density at radius 1 is 0.972 bits per heavy atom. The van der Waals surface area contributed by atoms with E-state index in [2.05, 4.69) is 21.1 Å². The molecule has 2 aliphatic rings. The third-order valence-electron chi connectivity index (χ3n) is 5.77. The lowest BCUT2D eigenvalue weighted by atomic mass is 10.1. The molecule has 6 nitrogen and oxygen atoms in total.